The van der Waals surface area contributed by atoms with Crippen LogP contribution in [0.1, 0.15) is 12.5 Å². The molecule has 4 N–H and O–H groups in total. The number of hydrogen-bond acceptors (Lipinski definition) is 5. The maximum Gasteiger partial charge on any atom is 0.318 e. The first kappa shape index (κ1) is 15.6. The van der Waals surface area contributed by atoms with Crippen LogP contribution in [0.5, 0.6) is 11.5 Å². The molecule has 20 heavy (non-hydrogen) atoms. The van der Waals surface area contributed by atoms with Gasteiger partial charge in [-0.15, -0.1) is 0 Å². The van der Waals surface area contributed by atoms with Crippen LogP contribution < -0.4 is 25.8 Å². The van der Waals surface area contributed by atoms with E-state index in [1.165, 1.54) is 7.11 Å². The molecule has 1 rings (SSSR count). The first-order chi connectivity index (χ1) is 9.38. The second kappa shape index (κ2) is 6.65. The van der Waals surface area contributed by atoms with Crippen LogP contribution in [0.3, 0.4) is 0 Å². The van der Waals surface area contributed by atoms with Gasteiger partial charge in [0.05, 0.1) is 14.2 Å². The van der Waals surface area contributed by atoms with Gasteiger partial charge in [0.1, 0.15) is 6.04 Å². The number of nitrogens with two attached hydrogens (primary N) is 1. The molecule has 0 saturated carbocycles. The van der Waals surface area contributed by atoms with Crippen LogP contribution in [-0.2, 0) is 4.79 Å². The Bertz CT molecular complexity index is 517. The highest BCUT2D eigenvalue weighted by atomic mass is 16.5. The number of carbonyl (C=O) groups excluding carboxylic acids is 2. The number of amides is 3. The molecule has 0 aromatic heterocycles. The number of rotatable bonds is 5. The number of imide groups is 1. The molecule has 1 atom stereocenters. The van der Waals surface area contributed by atoms with Crippen molar-refractivity contribution in [2.24, 2.45) is 5.73 Å². The van der Waals surface area contributed by atoms with Gasteiger partial charge in [0.25, 0.3) is 0 Å². The third-order valence-electron chi connectivity index (χ3n) is 2.74. The summed E-state index contributed by atoms with van der Waals surface area (Å²) in [6, 6.07) is 2.01. The average Bonchev–Trinajstić information content (AvgIpc) is 2.39. The molecule has 7 nitrogen and oxygen atoms in total. The second-order valence-electron chi connectivity index (χ2n) is 4.24. The molecule has 0 aliphatic carbocycles. The zero-order chi connectivity index (χ0) is 15.3. The Morgan fingerprint density at radius 1 is 1.20 bits per heavy atom. The lowest BCUT2D eigenvalue weighted by Gasteiger charge is -2.18. The molecule has 0 radical (unpaired) electrons. The van der Waals surface area contributed by atoms with Gasteiger partial charge < -0.3 is 20.5 Å². The smallest absolute Gasteiger partial charge is 0.318 e. The van der Waals surface area contributed by atoms with Gasteiger partial charge in [0.15, 0.2) is 11.5 Å². The fourth-order valence-corrected chi connectivity index (χ4v) is 1.66. The van der Waals surface area contributed by atoms with Crippen LogP contribution in [0, 0.1) is 6.92 Å². The summed E-state index contributed by atoms with van der Waals surface area (Å²) in [7, 11) is 3.08. The summed E-state index contributed by atoms with van der Waals surface area (Å²) in [4.78, 5) is 22.3. The number of methoxy groups -OCH3 is 2. The molecule has 0 saturated heterocycles. The van der Waals surface area contributed by atoms with E-state index in [0.717, 1.165) is 5.56 Å². The molecule has 7 heteroatoms. The molecular formula is C13H19N3O4. The molecule has 3 amide bonds. The van der Waals surface area contributed by atoms with Crippen molar-refractivity contribution >= 4 is 17.6 Å². The van der Waals surface area contributed by atoms with E-state index in [-0.39, 0.29) is 0 Å². The molecular weight excluding hydrogens is 262 g/mol. The van der Waals surface area contributed by atoms with Gasteiger partial charge in [-0.3, -0.25) is 10.1 Å². The van der Waals surface area contributed by atoms with Crippen molar-refractivity contribution in [3.63, 3.8) is 0 Å². The van der Waals surface area contributed by atoms with Crippen molar-refractivity contribution in [2.45, 2.75) is 19.9 Å². The van der Waals surface area contributed by atoms with Gasteiger partial charge >= 0.3 is 6.03 Å². The van der Waals surface area contributed by atoms with Crippen LogP contribution in [0.15, 0.2) is 12.1 Å². The quantitative estimate of drug-likeness (QED) is 0.747. The largest absolute Gasteiger partial charge is 0.493 e. The highest BCUT2D eigenvalue weighted by Gasteiger charge is 2.16. The van der Waals surface area contributed by atoms with Crippen molar-refractivity contribution < 1.29 is 19.1 Å². The van der Waals surface area contributed by atoms with E-state index < -0.39 is 18.0 Å². The van der Waals surface area contributed by atoms with E-state index in [9.17, 15) is 9.59 Å². The van der Waals surface area contributed by atoms with Crippen molar-refractivity contribution in [3.8, 4) is 11.5 Å². The monoisotopic (exact) mass is 281 g/mol. The summed E-state index contributed by atoms with van der Waals surface area (Å²) in [5.74, 6) is 0.639. The maximum atomic E-state index is 11.6. The number of anilines is 1. The molecule has 0 spiro atoms. The number of nitrogens with one attached hydrogen (secondary N) is 2. The van der Waals surface area contributed by atoms with Gasteiger partial charge in [0, 0.05) is 11.8 Å². The van der Waals surface area contributed by atoms with Gasteiger partial charge in [-0.25, -0.2) is 4.79 Å². The molecule has 0 aliphatic heterocycles. The minimum Gasteiger partial charge on any atom is -0.493 e. The number of aryl methyl sites for hydroxylation is 1. The van der Waals surface area contributed by atoms with Gasteiger partial charge in [-0.1, -0.05) is 0 Å². The molecule has 110 valence electrons. The third-order valence-corrected chi connectivity index (χ3v) is 2.74. The number of carbonyl (C=O) groups is 2. The standard InChI is InChI=1S/C13H19N3O4/c1-7-5-10(19-3)11(20-4)6-9(7)15-8(2)12(17)16-13(14)18/h5-6,8,15H,1-4H3,(H3,14,16,17,18)/t8-/m0/s1. The number of urea groups is 1. The van der Waals surface area contributed by atoms with Crippen LogP contribution >= 0.6 is 0 Å². The zero-order valence-corrected chi connectivity index (χ0v) is 11.9. The summed E-state index contributed by atoms with van der Waals surface area (Å²) < 4.78 is 10.4. The highest BCUT2D eigenvalue weighted by Crippen LogP contribution is 2.33. The fraction of sp³-hybridized carbons (Fsp3) is 0.385. The molecule has 0 bridgehead atoms. The molecule has 1 aromatic rings. The molecule has 1 aromatic carbocycles. The minimum atomic E-state index is -0.882. The van der Waals surface area contributed by atoms with Crippen LogP contribution in [-0.4, -0.2) is 32.2 Å². The third kappa shape index (κ3) is 3.78. The Morgan fingerprint density at radius 3 is 2.25 bits per heavy atom. The molecule has 0 fully saturated rings. The molecule has 0 heterocycles. The van der Waals surface area contributed by atoms with E-state index in [1.807, 2.05) is 12.2 Å². The topological polar surface area (TPSA) is 103 Å². The minimum absolute atomic E-state index is 0.508. The molecule has 0 unspecified atom stereocenters. The predicted octanol–water partition coefficient (Wildman–Crippen LogP) is 1.01. The zero-order valence-electron chi connectivity index (χ0n) is 11.9. The molecule has 0 aliphatic rings. The van der Waals surface area contributed by atoms with Crippen molar-refractivity contribution in [1.29, 1.82) is 0 Å². The number of primary amides is 1. The Kier molecular flexibility index (Phi) is 5.19. The van der Waals surface area contributed by atoms with Gasteiger partial charge in [-0.05, 0) is 25.5 Å². The van der Waals surface area contributed by atoms with Crippen molar-refractivity contribution in [2.75, 3.05) is 19.5 Å². The average molecular weight is 281 g/mol. The predicted molar refractivity (Wildman–Crippen MR) is 75.1 cm³/mol. The van der Waals surface area contributed by atoms with Crippen molar-refractivity contribution in [3.05, 3.63) is 17.7 Å². The first-order valence-corrected chi connectivity index (χ1v) is 5.98. The number of benzene rings is 1. The Morgan fingerprint density at radius 2 is 1.75 bits per heavy atom. The van der Waals surface area contributed by atoms with Crippen LogP contribution in [0.4, 0.5) is 10.5 Å². The summed E-state index contributed by atoms with van der Waals surface area (Å²) in [6.45, 7) is 3.48. The summed E-state index contributed by atoms with van der Waals surface area (Å²) >= 11 is 0. The van der Waals surface area contributed by atoms with E-state index in [4.69, 9.17) is 15.2 Å². The number of hydrogen-bond donors (Lipinski definition) is 3. The van der Waals surface area contributed by atoms with Gasteiger partial charge in [0.2, 0.25) is 5.91 Å². The Balaban J connectivity index is 2.92. The van der Waals surface area contributed by atoms with Crippen molar-refractivity contribution in [1.82, 2.24) is 5.32 Å². The lowest BCUT2D eigenvalue weighted by atomic mass is 10.1. The SMILES string of the molecule is COc1cc(C)c(N[C@@H](C)C(=O)NC(N)=O)cc1OC. The van der Waals surface area contributed by atoms with E-state index in [0.29, 0.717) is 17.2 Å². The van der Waals surface area contributed by atoms with Crippen LogP contribution in [0.2, 0.25) is 0 Å². The lowest BCUT2D eigenvalue weighted by Crippen LogP contribution is -2.43. The summed E-state index contributed by atoms with van der Waals surface area (Å²) in [5, 5.41) is 5.00. The fourth-order valence-electron chi connectivity index (χ4n) is 1.66. The first-order valence-electron chi connectivity index (χ1n) is 5.98. The second-order valence-corrected chi connectivity index (χ2v) is 4.24. The lowest BCUT2D eigenvalue weighted by molar-refractivity contribution is -0.120. The van der Waals surface area contributed by atoms with Crippen LogP contribution in [0.25, 0.3) is 0 Å². The van der Waals surface area contributed by atoms with E-state index in [2.05, 4.69) is 5.32 Å². The summed E-state index contributed by atoms with van der Waals surface area (Å²) in [5.41, 5.74) is 6.48. The summed E-state index contributed by atoms with van der Waals surface area (Å²) in [6.07, 6.45) is 0. The maximum absolute atomic E-state index is 11.6. The highest BCUT2D eigenvalue weighted by molar-refractivity contribution is 5.97. The normalized spacial score (nSPS) is 11.4. The number of ether oxygens (including phenoxy) is 2. The van der Waals surface area contributed by atoms with Gasteiger partial charge in [-0.2, -0.15) is 0 Å². The Hall–Kier alpha value is -2.44. The van der Waals surface area contributed by atoms with E-state index >= 15 is 0 Å². The Labute approximate surface area is 117 Å². The van der Waals surface area contributed by atoms with E-state index in [1.54, 1.807) is 26.2 Å².